The van der Waals surface area contributed by atoms with Crippen LogP contribution >= 0.6 is 39.1 Å². The summed E-state index contributed by atoms with van der Waals surface area (Å²) in [6.07, 6.45) is 0. The van der Waals surface area contributed by atoms with Crippen LogP contribution in [-0.4, -0.2) is 56.2 Å². The van der Waals surface area contributed by atoms with Gasteiger partial charge in [0.1, 0.15) is 4.90 Å². The Morgan fingerprint density at radius 3 is 2.40 bits per heavy atom. The molecule has 1 heterocycles. The summed E-state index contributed by atoms with van der Waals surface area (Å²) in [7, 11) is -3.53. The molecule has 0 N–H and O–H groups in total. The summed E-state index contributed by atoms with van der Waals surface area (Å²) < 4.78 is 27.4. The van der Waals surface area contributed by atoms with Crippen molar-refractivity contribution in [2.75, 3.05) is 38.6 Å². The molecule has 112 valence electrons. The van der Waals surface area contributed by atoms with E-state index in [1.54, 1.807) is 12.1 Å². The minimum absolute atomic E-state index is 0.160. The van der Waals surface area contributed by atoms with Crippen molar-refractivity contribution >= 4 is 49.2 Å². The first-order valence-electron chi connectivity index (χ1n) is 6.18. The lowest BCUT2D eigenvalue weighted by Gasteiger charge is -2.33. The van der Waals surface area contributed by atoms with Gasteiger partial charge in [-0.2, -0.15) is 4.31 Å². The molecule has 0 aliphatic carbocycles. The summed E-state index contributed by atoms with van der Waals surface area (Å²) in [5.74, 6) is 0.561. The van der Waals surface area contributed by atoms with Crippen molar-refractivity contribution in [3.8, 4) is 0 Å². The first-order valence-corrected chi connectivity index (χ1v) is 9.33. The quantitative estimate of drug-likeness (QED) is 0.728. The molecule has 8 heteroatoms. The molecule has 0 spiro atoms. The van der Waals surface area contributed by atoms with Crippen molar-refractivity contribution in [1.82, 2.24) is 9.21 Å². The molecule has 0 aromatic heterocycles. The Kier molecular flexibility index (Phi) is 5.73. The maximum atomic E-state index is 12.6. The van der Waals surface area contributed by atoms with Gasteiger partial charge in [0.15, 0.2) is 0 Å². The maximum Gasteiger partial charge on any atom is 0.244 e. The number of benzene rings is 1. The molecule has 2 rings (SSSR count). The van der Waals surface area contributed by atoms with Gasteiger partial charge >= 0.3 is 0 Å². The second kappa shape index (κ2) is 6.94. The largest absolute Gasteiger partial charge is 0.300 e. The molecule has 1 aromatic rings. The Morgan fingerprint density at radius 1 is 1.20 bits per heavy atom. The van der Waals surface area contributed by atoms with E-state index < -0.39 is 10.0 Å². The monoisotopic (exact) mass is 400 g/mol. The Morgan fingerprint density at radius 2 is 1.85 bits per heavy atom. The van der Waals surface area contributed by atoms with Crippen LogP contribution in [0.3, 0.4) is 0 Å². The van der Waals surface area contributed by atoms with Gasteiger partial charge in [-0.15, -0.1) is 11.6 Å². The molecule has 0 amide bonds. The average Bonchev–Trinajstić information content (AvgIpc) is 2.39. The molecule has 1 aliphatic rings. The molecule has 0 atom stereocenters. The normalized spacial score (nSPS) is 18.4. The molecule has 0 radical (unpaired) electrons. The standard InChI is InChI=1S/C12H15BrCl2N2O2S/c13-10-1-2-12(11(15)9-10)20(18,19)17-7-5-16(4-3-14)6-8-17/h1-2,9H,3-8H2. The zero-order valence-electron chi connectivity index (χ0n) is 10.7. The summed E-state index contributed by atoms with van der Waals surface area (Å²) in [5, 5.41) is 0.238. The van der Waals surface area contributed by atoms with E-state index in [2.05, 4.69) is 20.8 Å². The molecule has 1 fully saturated rings. The highest BCUT2D eigenvalue weighted by Crippen LogP contribution is 2.28. The van der Waals surface area contributed by atoms with Crippen molar-refractivity contribution in [1.29, 1.82) is 0 Å². The highest BCUT2D eigenvalue weighted by atomic mass is 79.9. The summed E-state index contributed by atoms with van der Waals surface area (Å²) in [6, 6.07) is 4.81. The first kappa shape index (κ1) is 16.5. The fraction of sp³-hybridized carbons (Fsp3) is 0.500. The van der Waals surface area contributed by atoms with E-state index in [-0.39, 0.29) is 9.92 Å². The minimum atomic E-state index is -3.53. The lowest BCUT2D eigenvalue weighted by atomic mass is 10.4. The lowest BCUT2D eigenvalue weighted by molar-refractivity contribution is 0.197. The Bertz CT molecular complexity index is 575. The van der Waals surface area contributed by atoms with Crippen LogP contribution in [0.4, 0.5) is 0 Å². The number of halogens is 3. The number of piperazine rings is 1. The van der Waals surface area contributed by atoms with E-state index in [0.717, 1.165) is 11.0 Å². The summed E-state index contributed by atoms with van der Waals surface area (Å²) in [4.78, 5) is 2.32. The Balaban J connectivity index is 2.15. The van der Waals surface area contributed by atoms with Crippen molar-refractivity contribution in [3.05, 3.63) is 27.7 Å². The van der Waals surface area contributed by atoms with Crippen LogP contribution in [-0.2, 0) is 10.0 Å². The number of nitrogens with zero attached hydrogens (tertiary/aromatic N) is 2. The SMILES string of the molecule is O=S(=O)(c1ccc(Br)cc1Cl)N1CCN(CCCl)CC1. The number of hydrogen-bond donors (Lipinski definition) is 0. The highest BCUT2D eigenvalue weighted by Gasteiger charge is 2.29. The van der Waals surface area contributed by atoms with Crippen LogP contribution < -0.4 is 0 Å². The van der Waals surface area contributed by atoms with Crippen LogP contribution in [0.2, 0.25) is 5.02 Å². The predicted molar refractivity (Wildman–Crippen MR) is 85.1 cm³/mol. The molecular weight excluding hydrogens is 387 g/mol. The van der Waals surface area contributed by atoms with Gasteiger partial charge in [-0.3, -0.25) is 4.90 Å². The maximum absolute atomic E-state index is 12.6. The zero-order valence-corrected chi connectivity index (χ0v) is 14.6. The third-order valence-corrected chi connectivity index (χ3v) is 6.29. The summed E-state index contributed by atoms with van der Waals surface area (Å²) >= 11 is 15.0. The van der Waals surface area contributed by atoms with Gasteiger partial charge in [-0.05, 0) is 18.2 Å². The molecule has 1 aromatic carbocycles. The van der Waals surface area contributed by atoms with E-state index in [9.17, 15) is 8.42 Å². The molecule has 0 saturated carbocycles. The molecule has 1 saturated heterocycles. The van der Waals surface area contributed by atoms with E-state index in [0.29, 0.717) is 32.1 Å². The van der Waals surface area contributed by atoms with Gasteiger partial charge in [-0.1, -0.05) is 27.5 Å². The third kappa shape index (κ3) is 3.67. The van der Waals surface area contributed by atoms with E-state index in [1.165, 1.54) is 10.4 Å². The van der Waals surface area contributed by atoms with Gasteiger partial charge in [0, 0.05) is 43.1 Å². The zero-order chi connectivity index (χ0) is 14.8. The number of sulfonamides is 1. The molecule has 1 aliphatic heterocycles. The van der Waals surface area contributed by atoms with Crippen LogP contribution in [0.5, 0.6) is 0 Å². The first-order chi connectivity index (χ1) is 9.45. The molecule has 0 unspecified atom stereocenters. The molecule has 20 heavy (non-hydrogen) atoms. The van der Waals surface area contributed by atoms with Crippen LogP contribution in [0.15, 0.2) is 27.6 Å². The van der Waals surface area contributed by atoms with Gasteiger partial charge in [0.25, 0.3) is 0 Å². The summed E-state index contributed by atoms with van der Waals surface area (Å²) in [5.41, 5.74) is 0. The van der Waals surface area contributed by atoms with Gasteiger partial charge in [0.05, 0.1) is 5.02 Å². The van der Waals surface area contributed by atoms with Crippen LogP contribution in [0.1, 0.15) is 0 Å². The predicted octanol–water partition coefficient (Wildman–Crippen LogP) is 2.65. The number of hydrogen-bond acceptors (Lipinski definition) is 3. The number of alkyl halides is 1. The van der Waals surface area contributed by atoms with Crippen molar-refractivity contribution < 1.29 is 8.42 Å². The van der Waals surface area contributed by atoms with Crippen LogP contribution in [0, 0.1) is 0 Å². The number of rotatable bonds is 4. The Hall–Kier alpha value is 0.150. The molecular formula is C12H15BrCl2N2O2S. The highest BCUT2D eigenvalue weighted by molar-refractivity contribution is 9.10. The average molecular weight is 402 g/mol. The van der Waals surface area contributed by atoms with E-state index >= 15 is 0 Å². The third-order valence-electron chi connectivity index (χ3n) is 3.24. The van der Waals surface area contributed by atoms with Crippen molar-refractivity contribution in [2.24, 2.45) is 0 Å². The smallest absolute Gasteiger partial charge is 0.244 e. The van der Waals surface area contributed by atoms with Gasteiger partial charge in [-0.25, -0.2) is 8.42 Å². The molecule has 4 nitrogen and oxygen atoms in total. The minimum Gasteiger partial charge on any atom is -0.300 e. The summed E-state index contributed by atoms with van der Waals surface area (Å²) in [6.45, 7) is 3.10. The molecule has 0 bridgehead atoms. The Labute approximate surface area is 137 Å². The van der Waals surface area contributed by atoms with Crippen molar-refractivity contribution in [3.63, 3.8) is 0 Å². The second-order valence-corrected chi connectivity index (χ2v) is 8.12. The fourth-order valence-corrected chi connectivity index (χ4v) is 4.81. The van der Waals surface area contributed by atoms with E-state index in [1.807, 2.05) is 0 Å². The van der Waals surface area contributed by atoms with Crippen LogP contribution in [0.25, 0.3) is 0 Å². The van der Waals surface area contributed by atoms with E-state index in [4.69, 9.17) is 23.2 Å². The lowest BCUT2D eigenvalue weighted by Crippen LogP contribution is -2.49. The topological polar surface area (TPSA) is 40.6 Å². The fourth-order valence-electron chi connectivity index (χ4n) is 2.14. The van der Waals surface area contributed by atoms with Crippen molar-refractivity contribution in [2.45, 2.75) is 4.90 Å². The van der Waals surface area contributed by atoms with Gasteiger partial charge < -0.3 is 0 Å². The van der Waals surface area contributed by atoms with Gasteiger partial charge in [0.2, 0.25) is 10.0 Å². The second-order valence-electron chi connectivity index (χ2n) is 4.51.